The minimum Gasteiger partial charge on any atom is -0.389 e. The Morgan fingerprint density at radius 1 is 1.00 bits per heavy atom. The van der Waals surface area contributed by atoms with E-state index in [0.717, 1.165) is 49.4 Å². The van der Waals surface area contributed by atoms with Crippen molar-refractivity contribution in [2.75, 3.05) is 0 Å². The molecule has 0 saturated heterocycles. The summed E-state index contributed by atoms with van der Waals surface area (Å²) in [4.78, 5) is 12.6. The van der Waals surface area contributed by atoms with Crippen LogP contribution in [0.1, 0.15) is 92.9 Å². The van der Waals surface area contributed by atoms with Crippen molar-refractivity contribution in [1.29, 1.82) is 0 Å². The van der Waals surface area contributed by atoms with Gasteiger partial charge in [0.15, 0.2) is 0 Å². The van der Waals surface area contributed by atoms with Gasteiger partial charge in [-0.25, -0.2) is 0 Å². The summed E-state index contributed by atoms with van der Waals surface area (Å²) in [5.41, 5.74) is -0.197. The van der Waals surface area contributed by atoms with Gasteiger partial charge in [0.2, 0.25) is 0 Å². The first-order valence-electron chi connectivity index (χ1n) is 13.5. The molecule has 0 aromatic carbocycles. The van der Waals surface area contributed by atoms with Gasteiger partial charge in [0.1, 0.15) is 6.29 Å². The Balaban J connectivity index is 1.63. The van der Waals surface area contributed by atoms with Crippen LogP contribution in [0.3, 0.4) is 0 Å². The number of aliphatic hydroxyl groups excluding tert-OH is 1. The lowest BCUT2D eigenvalue weighted by atomic mass is 9.51. The highest BCUT2D eigenvalue weighted by Crippen LogP contribution is 2.73. The molecular weight excluding hydrogens is 396 g/mol. The Hall–Kier alpha value is -0.670. The van der Waals surface area contributed by atoms with E-state index in [-0.39, 0.29) is 28.6 Å². The fourth-order valence-corrected chi connectivity index (χ4v) is 9.54. The van der Waals surface area contributed by atoms with Gasteiger partial charge in [-0.2, -0.15) is 0 Å². The van der Waals surface area contributed by atoms with E-state index in [0.29, 0.717) is 18.3 Å². The molecule has 11 unspecified atom stereocenters. The Bertz CT molecular complexity index is 745. The number of hydrogen-bond acceptors (Lipinski definition) is 3. The highest BCUT2D eigenvalue weighted by Gasteiger charge is 2.74. The summed E-state index contributed by atoms with van der Waals surface area (Å²) < 4.78 is 0. The zero-order valence-electron chi connectivity index (χ0n) is 21.4. The quantitative estimate of drug-likeness (QED) is 0.388. The molecule has 11 atom stereocenters. The second-order valence-electron chi connectivity index (χ2n) is 13.3. The molecule has 3 heteroatoms. The van der Waals surface area contributed by atoms with Crippen LogP contribution >= 0.6 is 0 Å². The van der Waals surface area contributed by atoms with E-state index in [9.17, 15) is 15.0 Å². The molecule has 32 heavy (non-hydrogen) atoms. The van der Waals surface area contributed by atoms with Gasteiger partial charge in [0.05, 0.1) is 17.6 Å². The molecule has 0 heterocycles. The predicted molar refractivity (Wildman–Crippen MR) is 130 cm³/mol. The average molecular weight is 445 g/mol. The first-order chi connectivity index (χ1) is 14.9. The number of hydrogen-bond donors (Lipinski definition) is 2. The van der Waals surface area contributed by atoms with E-state index in [1.54, 1.807) is 0 Å². The lowest BCUT2D eigenvalue weighted by Gasteiger charge is -2.55. The number of aliphatic hydroxyl groups is 2. The lowest BCUT2D eigenvalue weighted by molar-refractivity contribution is -0.170. The van der Waals surface area contributed by atoms with Gasteiger partial charge in [0, 0.05) is 0 Å². The highest BCUT2D eigenvalue weighted by atomic mass is 16.3. The zero-order chi connectivity index (χ0) is 23.6. The van der Waals surface area contributed by atoms with Crippen LogP contribution in [0, 0.1) is 58.2 Å². The molecule has 4 rings (SSSR count). The van der Waals surface area contributed by atoms with Crippen molar-refractivity contribution in [2.45, 2.75) is 105 Å². The fraction of sp³-hybridized carbons (Fsp3) is 0.897. The number of fused-ring (bicyclic) bond motifs is 5. The Morgan fingerprint density at radius 2 is 1.62 bits per heavy atom. The van der Waals surface area contributed by atoms with E-state index < -0.39 is 17.6 Å². The van der Waals surface area contributed by atoms with Crippen molar-refractivity contribution in [3.63, 3.8) is 0 Å². The molecule has 4 fully saturated rings. The highest BCUT2D eigenvalue weighted by molar-refractivity contribution is 5.61. The minimum absolute atomic E-state index is 0.0931. The standard InChI is InChI=1S/C29H48O3/c1-17(2)18(3)8-9-19(4)21-10-11-24-27(21,6)15-13-25-28(7)14-12-23(31)20(5)26(28)22(16-30)29(24,25)32/h16-19,21-26,31-32H,5,8-15H2,1-4,6-7H3. The Kier molecular flexibility index (Phi) is 6.28. The van der Waals surface area contributed by atoms with E-state index in [2.05, 4.69) is 48.1 Å². The molecule has 0 bridgehead atoms. The molecular formula is C29H48O3. The summed E-state index contributed by atoms with van der Waals surface area (Å²) in [7, 11) is 0. The molecule has 0 amide bonds. The van der Waals surface area contributed by atoms with E-state index in [1.165, 1.54) is 19.3 Å². The van der Waals surface area contributed by atoms with Crippen molar-refractivity contribution in [1.82, 2.24) is 0 Å². The van der Waals surface area contributed by atoms with Gasteiger partial charge in [-0.1, -0.05) is 61.0 Å². The van der Waals surface area contributed by atoms with Crippen molar-refractivity contribution in [3.05, 3.63) is 12.2 Å². The van der Waals surface area contributed by atoms with Crippen LogP contribution in [0.25, 0.3) is 0 Å². The van der Waals surface area contributed by atoms with Crippen LogP contribution in [0.2, 0.25) is 0 Å². The molecule has 182 valence electrons. The molecule has 0 spiro atoms. The minimum atomic E-state index is -0.957. The van der Waals surface area contributed by atoms with Gasteiger partial charge in [-0.3, -0.25) is 0 Å². The summed E-state index contributed by atoms with van der Waals surface area (Å²) in [6, 6.07) is 0. The summed E-state index contributed by atoms with van der Waals surface area (Å²) in [5.74, 6) is 2.52. The SMILES string of the molecule is C=C1C(O)CCC2(C)C1C(C=O)C1(O)C3CCC(C(C)CCC(C)C(C)C)C3(C)CCC21. The molecule has 0 aromatic rings. The van der Waals surface area contributed by atoms with E-state index in [1.807, 2.05) is 0 Å². The molecule has 0 aromatic heterocycles. The van der Waals surface area contributed by atoms with Crippen LogP contribution in [0.4, 0.5) is 0 Å². The van der Waals surface area contributed by atoms with Gasteiger partial charge in [0.25, 0.3) is 0 Å². The number of carbonyl (C=O) groups excluding carboxylic acids is 1. The van der Waals surface area contributed by atoms with Crippen molar-refractivity contribution in [2.24, 2.45) is 58.2 Å². The van der Waals surface area contributed by atoms with Gasteiger partial charge in [-0.05, 0) is 96.4 Å². The van der Waals surface area contributed by atoms with Crippen LogP contribution in [0.15, 0.2) is 12.2 Å². The summed E-state index contributed by atoms with van der Waals surface area (Å²) >= 11 is 0. The van der Waals surface area contributed by atoms with E-state index >= 15 is 0 Å². The molecule has 4 aliphatic rings. The van der Waals surface area contributed by atoms with Crippen LogP contribution in [-0.2, 0) is 4.79 Å². The molecule has 2 N–H and O–H groups in total. The number of aldehydes is 1. The Labute approximate surface area is 196 Å². The largest absolute Gasteiger partial charge is 0.389 e. The van der Waals surface area contributed by atoms with Crippen molar-refractivity contribution in [3.8, 4) is 0 Å². The lowest BCUT2D eigenvalue weighted by Crippen LogP contribution is -2.58. The van der Waals surface area contributed by atoms with Crippen LogP contribution in [0.5, 0.6) is 0 Å². The zero-order valence-corrected chi connectivity index (χ0v) is 21.4. The first kappa shape index (κ1) is 24.5. The monoisotopic (exact) mass is 444 g/mol. The van der Waals surface area contributed by atoms with Crippen LogP contribution < -0.4 is 0 Å². The molecule has 3 nitrogen and oxygen atoms in total. The van der Waals surface area contributed by atoms with Gasteiger partial charge >= 0.3 is 0 Å². The third-order valence-electron chi connectivity index (χ3n) is 11.7. The van der Waals surface area contributed by atoms with Gasteiger partial charge in [-0.15, -0.1) is 0 Å². The molecule has 0 radical (unpaired) electrons. The van der Waals surface area contributed by atoms with Crippen molar-refractivity contribution < 1.29 is 15.0 Å². The summed E-state index contributed by atoms with van der Waals surface area (Å²) in [6.45, 7) is 18.4. The molecule has 4 saturated carbocycles. The molecule has 0 aliphatic heterocycles. The number of carbonyl (C=O) groups is 1. The molecule has 4 aliphatic carbocycles. The summed E-state index contributed by atoms with van der Waals surface area (Å²) in [5, 5.41) is 23.1. The third kappa shape index (κ3) is 3.23. The topological polar surface area (TPSA) is 57.5 Å². The maximum Gasteiger partial charge on any atom is 0.126 e. The van der Waals surface area contributed by atoms with E-state index in [4.69, 9.17) is 0 Å². The normalized spacial score (nSPS) is 50.0. The average Bonchev–Trinajstić information content (AvgIpc) is 3.19. The second kappa shape index (κ2) is 8.22. The van der Waals surface area contributed by atoms with Crippen LogP contribution in [-0.4, -0.2) is 28.2 Å². The smallest absolute Gasteiger partial charge is 0.126 e. The maximum absolute atomic E-state index is 12.6. The first-order valence-corrected chi connectivity index (χ1v) is 13.5. The van der Waals surface area contributed by atoms with Gasteiger partial charge < -0.3 is 15.0 Å². The number of rotatable bonds is 6. The predicted octanol–water partition coefficient (Wildman–Crippen LogP) is 6.03. The maximum atomic E-state index is 12.6. The third-order valence-corrected chi connectivity index (χ3v) is 11.7. The second-order valence-corrected chi connectivity index (χ2v) is 13.3. The summed E-state index contributed by atoms with van der Waals surface area (Å²) in [6.07, 6.45) is 8.98. The fourth-order valence-electron chi connectivity index (χ4n) is 9.54. The Morgan fingerprint density at radius 3 is 2.25 bits per heavy atom. The van der Waals surface area contributed by atoms with Crippen molar-refractivity contribution >= 4 is 6.29 Å².